The minimum Gasteiger partial charge on any atom is -0.382 e. The Kier molecular flexibility index (Phi) is 6.80. The second-order valence-electron chi connectivity index (χ2n) is 8.91. The summed E-state index contributed by atoms with van der Waals surface area (Å²) in [5, 5.41) is 10.9. The molecule has 2 bridgehead atoms. The van der Waals surface area contributed by atoms with E-state index in [4.69, 9.17) is 24.2 Å². The maximum atomic E-state index is 11.6. The van der Waals surface area contributed by atoms with Gasteiger partial charge in [0.25, 0.3) is 0 Å². The fourth-order valence-corrected chi connectivity index (χ4v) is 4.81. The number of nitrogens with zero attached hydrogens (tertiary/aromatic N) is 5. The van der Waals surface area contributed by atoms with Gasteiger partial charge in [0.15, 0.2) is 11.5 Å². The van der Waals surface area contributed by atoms with E-state index >= 15 is 0 Å². The van der Waals surface area contributed by atoms with Crippen LogP contribution in [-0.4, -0.2) is 85.6 Å². The molecule has 2 aliphatic rings. The maximum absolute atomic E-state index is 11.6. The molecule has 2 aliphatic heterocycles. The van der Waals surface area contributed by atoms with Gasteiger partial charge in [-0.1, -0.05) is 0 Å². The summed E-state index contributed by atoms with van der Waals surface area (Å²) >= 11 is 0. The predicted octanol–water partition coefficient (Wildman–Crippen LogP) is 2.45. The van der Waals surface area contributed by atoms with E-state index in [2.05, 4.69) is 20.6 Å². The van der Waals surface area contributed by atoms with Crippen LogP contribution in [-0.2, 0) is 14.2 Å². The number of rotatable bonds is 8. The van der Waals surface area contributed by atoms with Crippen LogP contribution < -0.4 is 15.5 Å². The number of morpholine rings is 1. The van der Waals surface area contributed by atoms with Crippen LogP contribution in [0.3, 0.4) is 0 Å². The molecule has 0 spiro atoms. The van der Waals surface area contributed by atoms with E-state index in [-0.39, 0.29) is 24.3 Å². The lowest BCUT2D eigenvalue weighted by molar-refractivity contribution is 0.0303. The van der Waals surface area contributed by atoms with E-state index in [1.54, 1.807) is 21.3 Å². The first kappa shape index (κ1) is 23.5. The number of carbonyl (C=O) groups is 1. The van der Waals surface area contributed by atoms with Crippen molar-refractivity contribution >= 4 is 28.6 Å². The number of amides is 2. The molecule has 2 saturated heterocycles. The second kappa shape index (κ2) is 10.1. The number of urea groups is 1. The molecule has 5 rings (SSSR count). The summed E-state index contributed by atoms with van der Waals surface area (Å²) < 4.78 is 18.8. The lowest BCUT2D eigenvalue weighted by Gasteiger charge is -2.33. The highest BCUT2D eigenvalue weighted by molar-refractivity contribution is 5.90. The molecule has 2 aromatic heterocycles. The first-order valence-electron chi connectivity index (χ1n) is 11.8. The molecule has 11 nitrogen and oxygen atoms in total. The van der Waals surface area contributed by atoms with Gasteiger partial charge in [-0.3, -0.25) is 0 Å². The number of fused-ring (bicyclic) bond motifs is 3. The van der Waals surface area contributed by atoms with Gasteiger partial charge in [0.05, 0.1) is 37.0 Å². The van der Waals surface area contributed by atoms with E-state index in [1.165, 1.54) is 0 Å². The van der Waals surface area contributed by atoms with Gasteiger partial charge in [-0.25, -0.2) is 19.4 Å². The number of aromatic nitrogens is 4. The largest absolute Gasteiger partial charge is 0.382 e. The van der Waals surface area contributed by atoms with E-state index in [0.717, 1.165) is 48.3 Å². The number of nitrogens with one attached hydrogen (secondary N) is 2. The number of anilines is 2. The first-order chi connectivity index (χ1) is 17.1. The zero-order valence-corrected chi connectivity index (χ0v) is 20.2. The van der Waals surface area contributed by atoms with Gasteiger partial charge in [-0.05, 0) is 37.1 Å². The molecule has 11 heteroatoms. The van der Waals surface area contributed by atoms with Crippen LogP contribution in [0.1, 0.15) is 18.9 Å². The lowest BCUT2D eigenvalue weighted by Crippen LogP contribution is -2.43. The number of hydrogen-bond donors (Lipinski definition) is 2. The summed E-state index contributed by atoms with van der Waals surface area (Å²) in [6.45, 7) is 2.48. The minimum atomic E-state index is -0.272. The van der Waals surface area contributed by atoms with Crippen molar-refractivity contribution in [2.24, 2.45) is 0 Å². The van der Waals surface area contributed by atoms with E-state index < -0.39 is 0 Å². The van der Waals surface area contributed by atoms with Gasteiger partial charge in [0.1, 0.15) is 11.9 Å². The third-order valence-electron chi connectivity index (χ3n) is 6.47. The van der Waals surface area contributed by atoms with Crippen LogP contribution in [0.5, 0.6) is 0 Å². The Balaban J connectivity index is 1.58. The van der Waals surface area contributed by atoms with E-state index in [9.17, 15) is 4.79 Å². The maximum Gasteiger partial charge on any atom is 0.318 e. The number of hydrogen-bond acceptors (Lipinski definition) is 8. The molecule has 1 aromatic carbocycles. The van der Waals surface area contributed by atoms with Crippen LogP contribution >= 0.6 is 0 Å². The van der Waals surface area contributed by atoms with Crippen molar-refractivity contribution in [2.45, 2.75) is 31.1 Å². The molecule has 2 unspecified atom stereocenters. The molecule has 0 saturated carbocycles. The smallest absolute Gasteiger partial charge is 0.318 e. The molecule has 0 radical (unpaired) electrons. The Hall–Kier alpha value is -3.28. The second-order valence-corrected chi connectivity index (χ2v) is 8.91. The quantitative estimate of drug-likeness (QED) is 0.504. The predicted molar refractivity (Wildman–Crippen MR) is 132 cm³/mol. The molecule has 35 heavy (non-hydrogen) atoms. The van der Waals surface area contributed by atoms with Gasteiger partial charge in [-0.15, -0.1) is 0 Å². The average molecular weight is 482 g/mol. The SMILES string of the molecule is CNC(=O)Nc1ccc(-c2nc(N3CC4CCC(C3)O4)c3cnn(C(COC)COC)c3n2)cc1. The van der Waals surface area contributed by atoms with Gasteiger partial charge in [-0.2, -0.15) is 5.10 Å². The summed E-state index contributed by atoms with van der Waals surface area (Å²) in [7, 11) is 4.91. The molecule has 186 valence electrons. The van der Waals surface area contributed by atoms with Gasteiger partial charge in [0.2, 0.25) is 0 Å². The van der Waals surface area contributed by atoms with Crippen LogP contribution in [0.2, 0.25) is 0 Å². The Morgan fingerprint density at radius 1 is 1.11 bits per heavy atom. The molecule has 2 N–H and O–H groups in total. The van der Waals surface area contributed by atoms with Crippen molar-refractivity contribution in [1.29, 1.82) is 0 Å². The highest BCUT2D eigenvalue weighted by atomic mass is 16.5. The minimum absolute atomic E-state index is 0.127. The van der Waals surface area contributed by atoms with Gasteiger partial charge in [0, 0.05) is 45.6 Å². The molecule has 3 aromatic rings. The Morgan fingerprint density at radius 3 is 2.43 bits per heavy atom. The van der Waals surface area contributed by atoms with E-state index in [0.29, 0.717) is 24.7 Å². The third kappa shape index (κ3) is 4.79. The lowest BCUT2D eigenvalue weighted by atomic mass is 10.2. The Bertz CT molecular complexity index is 1160. The van der Waals surface area contributed by atoms with Crippen molar-refractivity contribution in [3.63, 3.8) is 0 Å². The molecular weight excluding hydrogens is 450 g/mol. The zero-order chi connectivity index (χ0) is 24.4. The molecule has 2 amide bonds. The molecule has 2 atom stereocenters. The number of carbonyl (C=O) groups excluding carboxylic acids is 1. The number of methoxy groups -OCH3 is 2. The van der Waals surface area contributed by atoms with Gasteiger partial charge < -0.3 is 29.7 Å². The van der Waals surface area contributed by atoms with Crippen LogP contribution in [0.4, 0.5) is 16.3 Å². The van der Waals surface area contributed by atoms with E-state index in [1.807, 2.05) is 35.1 Å². The topological polar surface area (TPSA) is 116 Å². The highest BCUT2D eigenvalue weighted by Gasteiger charge is 2.35. The molecule has 2 fully saturated rings. The van der Waals surface area contributed by atoms with Crippen molar-refractivity contribution in [3.05, 3.63) is 30.5 Å². The molecule has 4 heterocycles. The van der Waals surface area contributed by atoms with Gasteiger partial charge >= 0.3 is 6.03 Å². The fourth-order valence-electron chi connectivity index (χ4n) is 4.81. The van der Waals surface area contributed by atoms with Crippen LogP contribution in [0.15, 0.2) is 30.5 Å². The number of benzene rings is 1. The fraction of sp³-hybridized carbons (Fsp3) is 0.500. The Labute approximate surface area is 203 Å². The van der Waals surface area contributed by atoms with Crippen molar-refractivity contribution in [1.82, 2.24) is 25.1 Å². The molecule has 0 aliphatic carbocycles. The summed E-state index contributed by atoms with van der Waals surface area (Å²) in [4.78, 5) is 23.9. The normalized spacial score (nSPS) is 19.5. The summed E-state index contributed by atoms with van der Waals surface area (Å²) in [5.41, 5.74) is 2.26. The van der Waals surface area contributed by atoms with Crippen molar-refractivity contribution in [3.8, 4) is 11.4 Å². The van der Waals surface area contributed by atoms with Crippen molar-refractivity contribution < 1.29 is 19.0 Å². The van der Waals surface area contributed by atoms with Crippen molar-refractivity contribution in [2.75, 3.05) is 57.8 Å². The number of ether oxygens (including phenoxy) is 3. The first-order valence-corrected chi connectivity index (χ1v) is 11.8. The molecular formula is C24H31N7O4. The third-order valence-corrected chi connectivity index (χ3v) is 6.47. The standard InChI is InChI=1S/C24H31N7O4/c1-25-24(32)27-16-6-4-15(5-7-16)21-28-22(30-11-18-8-9-19(12-30)35-18)20-10-26-31(23(20)29-21)17(13-33-2)14-34-3/h4-7,10,17-19H,8-9,11-14H2,1-3H3,(H2,25,27,32). The monoisotopic (exact) mass is 481 g/mol. The summed E-state index contributed by atoms with van der Waals surface area (Å²) in [6.07, 6.45) is 4.43. The average Bonchev–Trinajstić information content (AvgIpc) is 3.45. The zero-order valence-electron chi connectivity index (χ0n) is 20.2. The van der Waals surface area contributed by atoms with Crippen LogP contribution in [0, 0.1) is 0 Å². The summed E-state index contributed by atoms with van der Waals surface area (Å²) in [6, 6.07) is 7.08. The summed E-state index contributed by atoms with van der Waals surface area (Å²) in [5.74, 6) is 1.45. The highest BCUT2D eigenvalue weighted by Crippen LogP contribution is 2.34. The van der Waals surface area contributed by atoms with Crippen LogP contribution in [0.25, 0.3) is 22.4 Å². The Morgan fingerprint density at radius 2 is 1.80 bits per heavy atom.